The summed E-state index contributed by atoms with van der Waals surface area (Å²) in [5.74, 6) is 0. The third-order valence-electron chi connectivity index (χ3n) is 8.39. The molecule has 0 fully saturated rings. The van der Waals surface area contributed by atoms with Crippen molar-refractivity contribution >= 4 is 37.1 Å². The second-order valence-corrected chi connectivity index (χ2v) is 16.4. The minimum Gasteiger partial charge on any atom is -0.316 e. The zero-order valence-corrected chi connectivity index (χ0v) is 29.2. The van der Waals surface area contributed by atoms with Gasteiger partial charge in [-0.1, -0.05) is 133 Å². The van der Waals surface area contributed by atoms with Gasteiger partial charge in [-0.3, -0.25) is 9.97 Å². The van der Waals surface area contributed by atoms with Crippen LogP contribution in [0.2, 0.25) is 0 Å². The molecule has 2 aromatic heterocycles. The summed E-state index contributed by atoms with van der Waals surface area (Å²) < 4.78 is 0. The van der Waals surface area contributed by atoms with Crippen molar-refractivity contribution < 1.29 is 0 Å². The van der Waals surface area contributed by atoms with Crippen LogP contribution in [0.4, 0.5) is 0 Å². The lowest BCUT2D eigenvalue weighted by atomic mass is 10.1. The first-order chi connectivity index (χ1) is 23.8. The smallest absolute Gasteiger partial charge is 0.0416 e. The molecule has 0 unspecified atom stereocenters. The van der Waals surface area contributed by atoms with Gasteiger partial charge in [-0.15, -0.1) is 0 Å². The Labute approximate surface area is 288 Å². The van der Waals surface area contributed by atoms with Crippen LogP contribution in [0.15, 0.2) is 158 Å². The van der Waals surface area contributed by atoms with Crippen molar-refractivity contribution in [1.29, 1.82) is 0 Å². The fraction of sp³-hybridized carbons (Fsp3) is 0.190. The topological polar surface area (TPSA) is 49.8 Å². The first kappa shape index (κ1) is 33.8. The molecule has 2 N–H and O–H groups in total. The van der Waals surface area contributed by atoms with E-state index in [1.807, 2.05) is 12.4 Å². The summed E-state index contributed by atoms with van der Waals surface area (Å²) in [4.78, 5) is 9.52. The summed E-state index contributed by atoms with van der Waals surface area (Å²) in [6.45, 7) is 3.82. The van der Waals surface area contributed by atoms with E-state index in [1.54, 1.807) is 0 Å². The Kier molecular flexibility index (Phi) is 13.0. The molecule has 4 nitrogen and oxygen atoms in total. The minimum atomic E-state index is -0.366. The average Bonchev–Trinajstić information content (AvgIpc) is 3.16. The van der Waals surface area contributed by atoms with Crippen LogP contribution in [0.3, 0.4) is 0 Å². The van der Waals surface area contributed by atoms with Crippen molar-refractivity contribution in [3.63, 3.8) is 0 Å². The molecule has 48 heavy (non-hydrogen) atoms. The molecule has 0 bridgehead atoms. The lowest BCUT2D eigenvalue weighted by Gasteiger charge is -2.19. The highest BCUT2D eigenvalue weighted by molar-refractivity contribution is 7.73. The van der Waals surface area contributed by atoms with E-state index >= 15 is 0 Å². The number of nitrogens with one attached hydrogen (secondary N) is 2. The highest BCUT2D eigenvalue weighted by Gasteiger charge is 2.14. The first-order valence-electron chi connectivity index (χ1n) is 16.9. The summed E-state index contributed by atoms with van der Waals surface area (Å²) in [5, 5.41) is 13.1. The molecule has 242 valence electrons. The number of nitrogens with zero attached hydrogens (tertiary/aromatic N) is 2. The zero-order chi connectivity index (χ0) is 32.6. The summed E-state index contributed by atoms with van der Waals surface area (Å²) in [6.07, 6.45) is 8.04. The van der Waals surface area contributed by atoms with Gasteiger partial charge in [0.15, 0.2) is 0 Å². The fourth-order valence-electron chi connectivity index (χ4n) is 5.80. The highest BCUT2D eigenvalue weighted by atomic mass is 31.1. The van der Waals surface area contributed by atoms with Crippen LogP contribution < -0.4 is 31.9 Å². The number of aromatic nitrogens is 2. The lowest BCUT2D eigenvalue weighted by Crippen LogP contribution is -2.24. The second-order valence-electron chi connectivity index (χ2n) is 11.7. The molecular weight excluding hydrogens is 622 g/mol. The van der Waals surface area contributed by atoms with Gasteiger partial charge in [0.2, 0.25) is 0 Å². The van der Waals surface area contributed by atoms with Crippen molar-refractivity contribution in [1.82, 2.24) is 20.6 Å². The molecule has 0 radical (unpaired) electrons. The number of hydrogen-bond donors (Lipinski definition) is 2. The van der Waals surface area contributed by atoms with Gasteiger partial charge in [0.05, 0.1) is 0 Å². The Morgan fingerprint density at radius 1 is 0.375 bits per heavy atom. The van der Waals surface area contributed by atoms with Crippen LogP contribution in [0.25, 0.3) is 11.1 Å². The summed E-state index contributed by atoms with van der Waals surface area (Å²) in [5.41, 5.74) is 4.43. The van der Waals surface area contributed by atoms with E-state index in [9.17, 15) is 0 Å². The van der Waals surface area contributed by atoms with Crippen molar-refractivity contribution in [3.05, 3.63) is 169 Å². The standard InChI is InChI=1S/C42H44N4P2/c1-5-13-39(14-6-1)47(40-15-7-2-8-16-40)31-29-43-27-25-37-23-21-35(33-45-37)36-22-24-38(46-34-36)26-28-44-30-32-48(41-17-9-3-10-18-41)42-19-11-4-12-20-42/h1-24,33-34,43-44H,25-32H2. The zero-order valence-electron chi connectivity index (χ0n) is 27.5. The van der Waals surface area contributed by atoms with Gasteiger partial charge in [0.1, 0.15) is 0 Å². The molecule has 0 atom stereocenters. The molecule has 0 saturated heterocycles. The molecule has 0 aliphatic rings. The third kappa shape index (κ3) is 9.99. The van der Waals surface area contributed by atoms with Gasteiger partial charge in [-0.05, 0) is 74.6 Å². The molecule has 0 aliphatic heterocycles. The van der Waals surface area contributed by atoms with E-state index in [0.717, 1.165) is 73.9 Å². The van der Waals surface area contributed by atoms with Gasteiger partial charge < -0.3 is 10.6 Å². The minimum absolute atomic E-state index is 0.366. The van der Waals surface area contributed by atoms with Gasteiger partial charge in [0.25, 0.3) is 0 Å². The molecular formula is C42H44N4P2. The molecule has 6 heteroatoms. The van der Waals surface area contributed by atoms with E-state index in [1.165, 1.54) is 21.2 Å². The van der Waals surface area contributed by atoms with Gasteiger partial charge >= 0.3 is 0 Å². The van der Waals surface area contributed by atoms with Crippen molar-refractivity contribution in [2.24, 2.45) is 0 Å². The first-order valence-corrected chi connectivity index (χ1v) is 20.0. The molecule has 0 spiro atoms. The number of benzene rings is 4. The van der Waals surface area contributed by atoms with E-state index in [2.05, 4.69) is 156 Å². The Morgan fingerprint density at radius 3 is 1.00 bits per heavy atom. The maximum atomic E-state index is 4.76. The Morgan fingerprint density at radius 2 is 0.708 bits per heavy atom. The summed E-state index contributed by atoms with van der Waals surface area (Å²) in [7, 11) is -0.731. The second kappa shape index (κ2) is 18.5. The number of rotatable bonds is 17. The predicted molar refractivity (Wildman–Crippen MR) is 208 cm³/mol. The van der Waals surface area contributed by atoms with Crippen molar-refractivity contribution in [3.8, 4) is 11.1 Å². The molecule has 0 amide bonds. The molecule has 6 aromatic rings. The van der Waals surface area contributed by atoms with Crippen LogP contribution in [0.1, 0.15) is 11.4 Å². The Hall–Kier alpha value is -4.04. The summed E-state index contributed by atoms with van der Waals surface area (Å²) in [6, 6.07) is 52.3. The van der Waals surface area contributed by atoms with E-state index < -0.39 is 0 Å². The maximum Gasteiger partial charge on any atom is 0.0416 e. The normalized spacial score (nSPS) is 11.3. The fourth-order valence-corrected chi connectivity index (χ4v) is 10.3. The van der Waals surface area contributed by atoms with Crippen LogP contribution in [-0.2, 0) is 12.8 Å². The van der Waals surface area contributed by atoms with E-state index in [0.29, 0.717) is 0 Å². The van der Waals surface area contributed by atoms with Gasteiger partial charge in [-0.25, -0.2) is 0 Å². The van der Waals surface area contributed by atoms with Crippen molar-refractivity contribution in [2.75, 3.05) is 38.5 Å². The summed E-state index contributed by atoms with van der Waals surface area (Å²) >= 11 is 0. The molecule has 0 aliphatic carbocycles. The van der Waals surface area contributed by atoms with Crippen molar-refractivity contribution in [2.45, 2.75) is 12.8 Å². The maximum absolute atomic E-state index is 4.76. The van der Waals surface area contributed by atoms with Crippen LogP contribution >= 0.6 is 15.8 Å². The van der Waals surface area contributed by atoms with E-state index in [-0.39, 0.29) is 15.8 Å². The van der Waals surface area contributed by atoms with Crippen LogP contribution in [0.5, 0.6) is 0 Å². The highest BCUT2D eigenvalue weighted by Crippen LogP contribution is 2.33. The molecule has 4 aromatic carbocycles. The molecule has 2 heterocycles. The van der Waals surface area contributed by atoms with Gasteiger partial charge in [-0.2, -0.15) is 0 Å². The Bertz CT molecular complexity index is 1540. The largest absolute Gasteiger partial charge is 0.316 e. The average molecular weight is 667 g/mol. The monoisotopic (exact) mass is 666 g/mol. The van der Waals surface area contributed by atoms with Crippen LogP contribution in [-0.4, -0.2) is 48.5 Å². The molecule has 6 rings (SSSR count). The molecule has 0 saturated carbocycles. The third-order valence-corrected chi connectivity index (χ3v) is 13.4. The Balaban J connectivity index is 0.917. The lowest BCUT2D eigenvalue weighted by molar-refractivity contribution is 0.711. The van der Waals surface area contributed by atoms with Crippen LogP contribution in [0, 0.1) is 0 Å². The predicted octanol–water partition coefficient (Wildman–Crippen LogP) is 6.67. The number of hydrogen-bond acceptors (Lipinski definition) is 4. The SMILES string of the molecule is c1ccc(P(CCNCCc2ccc(-c3ccc(CCNCCP(c4ccccc4)c4ccccc4)nc3)cn2)c2ccccc2)cc1. The van der Waals surface area contributed by atoms with E-state index in [4.69, 9.17) is 9.97 Å². The quantitative estimate of drug-likeness (QED) is 0.0844. The van der Waals surface area contributed by atoms with Gasteiger partial charge in [0, 0.05) is 60.8 Å². The number of pyridine rings is 2.